The molecule has 0 fully saturated rings. The number of hydrogen-bond donors (Lipinski definition) is 2. The fourth-order valence-electron chi connectivity index (χ4n) is 2.20. The van der Waals surface area contributed by atoms with Gasteiger partial charge in [0.2, 0.25) is 5.89 Å². The van der Waals surface area contributed by atoms with Gasteiger partial charge in [0.1, 0.15) is 12.3 Å². The van der Waals surface area contributed by atoms with E-state index in [0.717, 1.165) is 17.9 Å². The van der Waals surface area contributed by atoms with Gasteiger partial charge in [-0.2, -0.15) is 0 Å². The Kier molecular flexibility index (Phi) is 7.92. The maximum Gasteiger partial charge on any atom is 0.216 e. The lowest BCUT2D eigenvalue weighted by Crippen LogP contribution is -2.22. The van der Waals surface area contributed by atoms with Gasteiger partial charge in [-0.05, 0) is 30.0 Å². The van der Waals surface area contributed by atoms with Gasteiger partial charge >= 0.3 is 0 Å². The first-order valence-corrected chi connectivity index (χ1v) is 8.41. The van der Waals surface area contributed by atoms with E-state index in [-0.39, 0.29) is 29.4 Å². The second-order valence-corrected chi connectivity index (χ2v) is 7.13. The zero-order valence-electron chi connectivity index (χ0n) is 15.7. The van der Waals surface area contributed by atoms with Crippen LogP contribution in [0.1, 0.15) is 64.2 Å². The van der Waals surface area contributed by atoms with Crippen molar-refractivity contribution < 1.29 is 4.42 Å². The van der Waals surface area contributed by atoms with Crippen molar-refractivity contribution in [2.24, 2.45) is 10.7 Å². The summed E-state index contributed by atoms with van der Waals surface area (Å²) < 4.78 is 5.70. The van der Waals surface area contributed by atoms with Gasteiger partial charge in [-0.1, -0.05) is 46.8 Å². The normalized spacial score (nSPS) is 13.2. The van der Waals surface area contributed by atoms with Crippen LogP contribution in [0.4, 0.5) is 5.69 Å². The van der Waals surface area contributed by atoms with Gasteiger partial charge in [-0.25, -0.2) is 9.98 Å². The zero-order chi connectivity index (χ0) is 17.7. The Morgan fingerprint density at radius 2 is 1.92 bits per heavy atom. The van der Waals surface area contributed by atoms with E-state index in [1.54, 1.807) is 6.20 Å². The van der Waals surface area contributed by atoms with E-state index < -0.39 is 0 Å². The summed E-state index contributed by atoms with van der Waals surface area (Å²) in [6.07, 6.45) is 2.88. The van der Waals surface area contributed by atoms with E-state index in [2.05, 4.69) is 62.0 Å². The van der Waals surface area contributed by atoms with E-state index in [0.29, 0.717) is 24.3 Å². The predicted octanol–water partition coefficient (Wildman–Crippen LogP) is 5.03. The molecule has 0 radical (unpaired) electrons. The maximum atomic E-state index is 5.94. The fraction of sp³-hybridized carbons (Fsp3) is 0.474. The van der Waals surface area contributed by atoms with Crippen molar-refractivity contribution in [3.8, 4) is 0 Å². The van der Waals surface area contributed by atoms with Gasteiger partial charge in [0, 0.05) is 11.1 Å². The molecule has 2 aromatic rings. The second-order valence-electron chi connectivity index (χ2n) is 7.13. The van der Waals surface area contributed by atoms with E-state index in [1.807, 2.05) is 12.1 Å². The molecule has 1 heterocycles. The highest BCUT2D eigenvalue weighted by molar-refractivity contribution is 14.0. The van der Waals surface area contributed by atoms with Crippen molar-refractivity contribution in [3.05, 3.63) is 47.7 Å². The minimum atomic E-state index is -0.0594. The first-order valence-electron chi connectivity index (χ1n) is 8.41. The Morgan fingerprint density at radius 1 is 1.28 bits per heavy atom. The van der Waals surface area contributed by atoms with E-state index in [4.69, 9.17) is 10.2 Å². The number of guanidine groups is 1. The van der Waals surface area contributed by atoms with Crippen LogP contribution in [0.25, 0.3) is 0 Å². The minimum Gasteiger partial charge on any atom is -0.443 e. The third-order valence-corrected chi connectivity index (χ3v) is 4.04. The van der Waals surface area contributed by atoms with Gasteiger partial charge in [-0.3, -0.25) is 0 Å². The van der Waals surface area contributed by atoms with Crippen LogP contribution >= 0.6 is 24.0 Å². The lowest BCUT2D eigenvalue weighted by Gasteiger charge is -2.13. The Labute approximate surface area is 167 Å². The molecule has 2 rings (SSSR count). The lowest BCUT2D eigenvalue weighted by atomic mass is 9.94. The molecule has 1 atom stereocenters. The van der Waals surface area contributed by atoms with Gasteiger partial charge < -0.3 is 15.5 Å². The number of aromatic nitrogens is 1. The molecule has 5 nitrogen and oxygen atoms in total. The highest BCUT2D eigenvalue weighted by Crippen LogP contribution is 2.23. The molecule has 0 saturated carbocycles. The van der Waals surface area contributed by atoms with Crippen LogP contribution in [-0.4, -0.2) is 10.9 Å². The molecule has 0 saturated heterocycles. The number of nitrogens with one attached hydrogen (secondary N) is 1. The molecule has 0 amide bonds. The van der Waals surface area contributed by atoms with Gasteiger partial charge in [-0.15, -0.1) is 24.0 Å². The average molecular weight is 456 g/mol. The molecule has 25 heavy (non-hydrogen) atoms. The van der Waals surface area contributed by atoms with E-state index >= 15 is 0 Å². The summed E-state index contributed by atoms with van der Waals surface area (Å²) in [5, 5.41) is 3.09. The summed E-state index contributed by atoms with van der Waals surface area (Å²) in [7, 11) is 0. The number of hydrogen-bond acceptors (Lipinski definition) is 3. The number of nitrogens with zero attached hydrogens (tertiary/aromatic N) is 2. The molecule has 0 aliphatic rings. The monoisotopic (exact) mass is 456 g/mol. The van der Waals surface area contributed by atoms with Crippen LogP contribution in [0.3, 0.4) is 0 Å². The number of benzene rings is 1. The summed E-state index contributed by atoms with van der Waals surface area (Å²) in [6, 6.07) is 8.28. The summed E-state index contributed by atoms with van der Waals surface area (Å²) in [5.74, 6) is 2.32. The molecule has 0 aliphatic carbocycles. The van der Waals surface area contributed by atoms with Crippen LogP contribution in [0, 0.1) is 0 Å². The summed E-state index contributed by atoms with van der Waals surface area (Å²) >= 11 is 0. The molecule has 1 aromatic carbocycles. The predicted molar refractivity (Wildman–Crippen MR) is 115 cm³/mol. The standard InChI is InChI=1S/C19H28N4O.HI/c1-6-13(2)14-7-9-15(10-8-14)23-18(20)22-12-17-21-11-16(24-17)19(3,4)5;/h7-11,13H,6,12H2,1-5H3,(H3,20,22,23);1H. The van der Waals surface area contributed by atoms with Crippen LogP contribution in [0.5, 0.6) is 0 Å². The van der Waals surface area contributed by atoms with Crippen molar-refractivity contribution >= 4 is 35.6 Å². The topological polar surface area (TPSA) is 76.4 Å². The number of oxazole rings is 1. The molecule has 3 N–H and O–H groups in total. The fourth-order valence-corrected chi connectivity index (χ4v) is 2.20. The molecule has 0 spiro atoms. The number of halogens is 1. The summed E-state index contributed by atoms with van der Waals surface area (Å²) in [4.78, 5) is 8.53. The highest BCUT2D eigenvalue weighted by Gasteiger charge is 2.18. The van der Waals surface area contributed by atoms with Crippen LogP contribution in [0.2, 0.25) is 0 Å². The second kappa shape index (κ2) is 9.22. The first-order chi connectivity index (χ1) is 11.3. The number of rotatable bonds is 5. The highest BCUT2D eigenvalue weighted by atomic mass is 127. The van der Waals surface area contributed by atoms with Crippen LogP contribution in [0.15, 0.2) is 39.9 Å². The van der Waals surface area contributed by atoms with Crippen LogP contribution < -0.4 is 11.1 Å². The Morgan fingerprint density at radius 3 is 2.44 bits per heavy atom. The van der Waals surface area contributed by atoms with E-state index in [9.17, 15) is 0 Å². The molecule has 6 heteroatoms. The third kappa shape index (κ3) is 6.34. The molecule has 0 bridgehead atoms. The number of nitrogens with two attached hydrogens (primary N) is 1. The van der Waals surface area contributed by atoms with Crippen molar-refractivity contribution in [1.29, 1.82) is 0 Å². The Balaban J connectivity index is 0.00000312. The number of aliphatic imine (C=N–C) groups is 1. The van der Waals surface area contributed by atoms with Gasteiger partial charge in [0.25, 0.3) is 0 Å². The van der Waals surface area contributed by atoms with Crippen molar-refractivity contribution in [2.45, 2.75) is 58.9 Å². The minimum absolute atomic E-state index is 0. The molecular formula is C19H29IN4O. The Bertz CT molecular complexity index is 686. The first kappa shape index (κ1) is 21.5. The molecule has 138 valence electrons. The van der Waals surface area contributed by atoms with Crippen molar-refractivity contribution in [1.82, 2.24) is 4.98 Å². The lowest BCUT2D eigenvalue weighted by molar-refractivity contribution is 0.383. The molecule has 0 aliphatic heterocycles. The molecule has 1 aromatic heterocycles. The van der Waals surface area contributed by atoms with Crippen molar-refractivity contribution in [3.63, 3.8) is 0 Å². The zero-order valence-corrected chi connectivity index (χ0v) is 18.0. The quantitative estimate of drug-likeness (QED) is 0.376. The molecule has 1 unspecified atom stereocenters. The average Bonchev–Trinajstić information content (AvgIpc) is 3.02. The van der Waals surface area contributed by atoms with Gasteiger partial charge in [0.15, 0.2) is 5.96 Å². The summed E-state index contributed by atoms with van der Waals surface area (Å²) in [6.45, 7) is 11.0. The number of anilines is 1. The Hall–Kier alpha value is -1.57. The third-order valence-electron chi connectivity index (χ3n) is 4.04. The summed E-state index contributed by atoms with van der Waals surface area (Å²) in [5.41, 5.74) is 8.13. The van der Waals surface area contributed by atoms with E-state index in [1.165, 1.54) is 5.56 Å². The maximum absolute atomic E-state index is 5.94. The largest absolute Gasteiger partial charge is 0.443 e. The van der Waals surface area contributed by atoms with Gasteiger partial charge in [0.05, 0.1) is 6.20 Å². The smallest absolute Gasteiger partial charge is 0.216 e. The molecular weight excluding hydrogens is 427 g/mol. The van der Waals surface area contributed by atoms with Crippen LogP contribution in [-0.2, 0) is 12.0 Å². The van der Waals surface area contributed by atoms with Crippen molar-refractivity contribution in [2.75, 3.05) is 5.32 Å². The SMILES string of the molecule is CCC(C)c1ccc(NC(N)=NCc2ncc(C(C)(C)C)o2)cc1.I.